The molecular weight excluding hydrogens is 239 g/mol. The molecule has 0 saturated carbocycles. The quantitative estimate of drug-likeness (QED) is 0.496. The number of hydrogen-bond donors (Lipinski definition) is 0. The third-order valence-electron chi connectivity index (χ3n) is 15.2. The van der Waals surface area contributed by atoms with E-state index in [1.807, 2.05) is 0 Å². The molecule has 13 heavy (non-hydrogen) atoms. The normalized spacial score (nSPS) is 153. The molecule has 10 aliphatic rings. The number of hydrogen-bond acceptors (Lipinski definition) is 0. The summed E-state index contributed by atoms with van der Waals surface area (Å²) in [5.74, 6) is 0. The van der Waals surface area contributed by atoms with Crippen molar-refractivity contribution in [2.45, 2.75) is 47.3 Å². The molecule has 0 bridgehead atoms. The van der Waals surface area contributed by atoms with Crippen LogP contribution in [0.25, 0.3) is 0 Å². The molecule has 10 aliphatic heterocycles. The predicted molar refractivity (Wildman–Crippen MR) is 50.8 cm³/mol. The number of halogens is 1. The van der Waals surface area contributed by atoms with E-state index >= 15 is 0 Å². The Bertz CT molecular complexity index is 775. The fraction of sp³-hybridized carbons (Fsp3) is 1.00. The van der Waals surface area contributed by atoms with E-state index in [-0.39, 0.29) is 8.83 Å². The van der Waals surface area contributed by atoms with Gasteiger partial charge in [0.2, 0.25) is 0 Å². The summed E-state index contributed by atoms with van der Waals surface area (Å²) in [7, 11) is -0.109. The topological polar surface area (TPSA) is 0 Å². The molecule has 0 aliphatic carbocycles. The Morgan fingerprint density at radius 1 is 0.846 bits per heavy atom. The average molecular weight is 251 g/mol. The van der Waals surface area contributed by atoms with Gasteiger partial charge in [-0.2, -0.15) is 0 Å². The van der Waals surface area contributed by atoms with Crippen LogP contribution in [0.5, 0.6) is 0 Å². The van der Waals surface area contributed by atoms with Gasteiger partial charge in [0.15, 0.2) is 0 Å². The van der Waals surface area contributed by atoms with Crippen molar-refractivity contribution >= 4 is 19.9 Å². The SMILES string of the molecule is Cl[SiH2][C]12[CH]3[CH]4[CH]5[CH]1[Fe]45321678[CH]2[CH]1[CH]6[CH]7[CH]28. The van der Waals surface area contributed by atoms with Gasteiger partial charge in [-0.15, -0.1) is 0 Å². The second-order valence-corrected chi connectivity index (χ2v) is 36.6. The summed E-state index contributed by atoms with van der Waals surface area (Å²) in [4.78, 5) is 13.6. The average Bonchev–Trinajstić information content (AvgIpc) is 3.12. The van der Waals surface area contributed by atoms with Crippen molar-refractivity contribution in [1.29, 1.82) is 0 Å². The fourth-order valence-electron chi connectivity index (χ4n) is 17.0. The van der Waals surface area contributed by atoms with Gasteiger partial charge in [-0.3, -0.25) is 0 Å². The summed E-state index contributed by atoms with van der Waals surface area (Å²) in [5, 5.41) is 0. The summed E-state index contributed by atoms with van der Waals surface area (Å²) >= 11 is 6.58. The molecule has 0 aromatic heterocycles. The molecular formula is C10H11ClFeSi. The summed E-state index contributed by atoms with van der Waals surface area (Å²) < 4.78 is 1.14. The Labute approximate surface area is 73.6 Å². The third kappa shape index (κ3) is 0.0336. The van der Waals surface area contributed by atoms with Gasteiger partial charge in [0.05, 0.1) is 0 Å². The summed E-state index contributed by atoms with van der Waals surface area (Å²) in [6.07, 6.45) is 0. The zero-order valence-electron chi connectivity index (χ0n) is 7.13. The fourth-order valence-corrected chi connectivity index (χ4v) is 115. The zero-order valence-corrected chi connectivity index (χ0v) is 10.4. The standard InChI is InChI=1S/C5H6ClSi.C5H5.Fe/c6-7-5-3-1-2-4-5;1-2-4-5-3-1;/h1-4H,7H2;1-5H;. The molecule has 10 rings (SSSR count). The van der Waals surface area contributed by atoms with E-state index in [9.17, 15) is 0 Å². The van der Waals surface area contributed by atoms with E-state index in [0.29, 0.717) is 0 Å². The molecule has 4 unspecified atom stereocenters. The minimum atomic E-state index is -2.57. The Morgan fingerprint density at radius 2 is 1.31 bits per heavy atom. The van der Waals surface area contributed by atoms with Crippen LogP contribution >= 0.6 is 11.1 Å². The van der Waals surface area contributed by atoms with Crippen LogP contribution in [0.2, 0.25) is 47.3 Å². The van der Waals surface area contributed by atoms with Crippen LogP contribution in [0.1, 0.15) is 0 Å². The van der Waals surface area contributed by atoms with E-state index in [2.05, 4.69) is 0 Å². The molecule has 0 amide bonds. The van der Waals surface area contributed by atoms with Crippen molar-refractivity contribution in [3.63, 3.8) is 0 Å². The van der Waals surface area contributed by atoms with Gasteiger partial charge in [0.1, 0.15) is 0 Å². The van der Waals surface area contributed by atoms with Crippen LogP contribution in [0.4, 0.5) is 0 Å². The molecule has 10 saturated heterocycles. The van der Waals surface area contributed by atoms with Crippen molar-refractivity contribution < 1.29 is 6.51 Å². The first-order chi connectivity index (χ1) is 6.11. The molecule has 0 aromatic carbocycles. The first kappa shape index (κ1) is 4.49. The van der Waals surface area contributed by atoms with Gasteiger partial charge >= 0.3 is 73.7 Å². The number of fused-ring (bicyclic) bond motifs is 10. The molecule has 3 heteroatoms. The number of rotatable bonds is 1. The van der Waals surface area contributed by atoms with Gasteiger partial charge < -0.3 is 0 Å². The molecule has 0 radical (unpaired) electrons. The van der Waals surface area contributed by atoms with Gasteiger partial charge in [0.25, 0.3) is 0 Å². The van der Waals surface area contributed by atoms with E-state index in [1.54, 1.807) is 0 Å². The van der Waals surface area contributed by atoms with Crippen molar-refractivity contribution in [3.8, 4) is 0 Å². The molecule has 1 spiro atoms. The molecule has 0 N–H and O–H groups in total. The summed E-state index contributed by atoms with van der Waals surface area (Å²) in [6, 6.07) is 0. The molecule has 0 nitrogen and oxygen atoms in total. The first-order valence-electron chi connectivity index (χ1n) is 5.88. The Balaban J connectivity index is 2.08. The van der Waals surface area contributed by atoms with Crippen molar-refractivity contribution in [2.24, 2.45) is 0 Å². The third-order valence-corrected chi connectivity index (χ3v) is 67.9. The van der Waals surface area contributed by atoms with Crippen LogP contribution < -0.4 is 0 Å². The molecule has 10 fully saturated rings. The molecule has 4 atom stereocenters. The molecule has 0 aromatic rings. The van der Waals surface area contributed by atoms with Gasteiger partial charge in [-0.1, -0.05) is 0 Å². The first-order valence-corrected chi connectivity index (χ1v) is 15.0. The van der Waals surface area contributed by atoms with E-state index < -0.39 is 6.51 Å². The van der Waals surface area contributed by atoms with E-state index in [0.717, 1.165) is 3.94 Å². The maximum atomic E-state index is 6.58. The predicted octanol–water partition coefficient (Wildman–Crippen LogP) is 3.03. The van der Waals surface area contributed by atoms with Crippen LogP contribution in [-0.2, 0) is 6.51 Å². The van der Waals surface area contributed by atoms with Crippen molar-refractivity contribution in [1.82, 2.24) is 0 Å². The summed E-state index contributed by atoms with van der Waals surface area (Å²) in [6.45, 7) is -2.57. The Morgan fingerprint density at radius 3 is 1.38 bits per heavy atom. The maximum absolute atomic E-state index is 6.58. The minimum absolute atomic E-state index is 0.109. The van der Waals surface area contributed by atoms with Crippen LogP contribution in [0.15, 0.2) is 0 Å². The van der Waals surface area contributed by atoms with Crippen LogP contribution in [-0.4, -0.2) is 8.83 Å². The van der Waals surface area contributed by atoms with Crippen LogP contribution in [0.3, 0.4) is 0 Å². The van der Waals surface area contributed by atoms with Gasteiger partial charge in [-0.05, 0) is 0 Å². The summed E-state index contributed by atoms with van der Waals surface area (Å²) in [5.41, 5.74) is 0. The van der Waals surface area contributed by atoms with E-state index in [1.165, 1.54) is 43.3 Å². The van der Waals surface area contributed by atoms with E-state index in [4.69, 9.17) is 11.1 Å². The second-order valence-electron chi connectivity index (χ2n) is 9.97. The zero-order chi connectivity index (χ0) is 7.72. The van der Waals surface area contributed by atoms with Crippen molar-refractivity contribution in [2.75, 3.05) is 0 Å². The monoisotopic (exact) mass is 250 g/mol. The van der Waals surface area contributed by atoms with Gasteiger partial charge in [-0.25, -0.2) is 0 Å². The second kappa shape index (κ2) is 0.294. The van der Waals surface area contributed by atoms with Crippen molar-refractivity contribution in [3.05, 3.63) is 0 Å². The Kier molecular flexibility index (Phi) is 0.102. The molecule has 70 valence electrons. The Hall–Kier alpha value is 1.03. The van der Waals surface area contributed by atoms with Crippen LogP contribution in [0, 0.1) is 0 Å². The van der Waals surface area contributed by atoms with Gasteiger partial charge in [0, 0.05) is 0 Å². The molecule has 10 heterocycles.